The normalized spacial score (nSPS) is 15.7. The maximum atomic E-state index is 12.6. The first-order chi connectivity index (χ1) is 10.7. The zero-order valence-electron chi connectivity index (χ0n) is 13.8. The fourth-order valence-corrected chi connectivity index (χ4v) is 3.84. The maximum Gasteiger partial charge on any atom is 0.410 e. The van der Waals surface area contributed by atoms with Crippen molar-refractivity contribution in [2.24, 2.45) is 0 Å². The quantitative estimate of drug-likeness (QED) is 0.847. The third-order valence-electron chi connectivity index (χ3n) is 3.79. The van der Waals surface area contributed by atoms with Gasteiger partial charge in [0.1, 0.15) is 17.3 Å². The van der Waals surface area contributed by atoms with Crippen LogP contribution in [0.3, 0.4) is 0 Å². The number of carbonyl (C=O) groups is 1. The smallest absolute Gasteiger partial charge is 0.410 e. The average Bonchev–Trinajstić information content (AvgIpc) is 2.92. The lowest BCUT2D eigenvalue weighted by Gasteiger charge is -2.33. The van der Waals surface area contributed by atoms with E-state index in [0.717, 1.165) is 5.56 Å². The Hall–Kier alpha value is -1.80. The van der Waals surface area contributed by atoms with Gasteiger partial charge in [-0.2, -0.15) is 0 Å². The van der Waals surface area contributed by atoms with Crippen molar-refractivity contribution >= 4 is 16.1 Å². The van der Waals surface area contributed by atoms with Crippen LogP contribution in [0, 0.1) is 6.92 Å². The predicted molar refractivity (Wildman–Crippen MR) is 85.1 cm³/mol. The van der Waals surface area contributed by atoms with Gasteiger partial charge >= 0.3 is 6.09 Å². The van der Waals surface area contributed by atoms with Crippen LogP contribution in [0.15, 0.2) is 23.1 Å². The highest BCUT2D eigenvalue weighted by molar-refractivity contribution is 7.89. The molecule has 0 atom stereocenters. The number of cyclic esters (lactones) is 1. The van der Waals surface area contributed by atoms with Gasteiger partial charge in [0.05, 0.1) is 19.2 Å². The van der Waals surface area contributed by atoms with Crippen LogP contribution >= 0.6 is 0 Å². The Balaban J connectivity index is 2.19. The molecule has 128 valence electrons. The van der Waals surface area contributed by atoms with Crippen molar-refractivity contribution in [3.8, 4) is 5.75 Å². The zero-order valence-corrected chi connectivity index (χ0v) is 14.6. The number of hydrogen-bond donors (Lipinski definition) is 1. The molecule has 1 N–H and O–H groups in total. The summed E-state index contributed by atoms with van der Waals surface area (Å²) in [6.45, 7) is 6.22. The molecule has 0 radical (unpaired) electrons. The Labute approximate surface area is 136 Å². The van der Waals surface area contributed by atoms with E-state index in [1.165, 1.54) is 12.0 Å². The van der Waals surface area contributed by atoms with Crippen LogP contribution in [0.2, 0.25) is 0 Å². The highest BCUT2D eigenvalue weighted by Gasteiger charge is 2.36. The topological polar surface area (TPSA) is 84.9 Å². The summed E-state index contributed by atoms with van der Waals surface area (Å²) in [7, 11) is -2.34. The molecular weight excluding hydrogens is 320 g/mol. The highest BCUT2D eigenvalue weighted by atomic mass is 32.2. The Morgan fingerprint density at radius 3 is 2.65 bits per heavy atom. The molecule has 1 aromatic rings. The molecule has 7 nitrogen and oxygen atoms in total. The number of benzene rings is 1. The molecule has 0 bridgehead atoms. The van der Waals surface area contributed by atoms with Crippen molar-refractivity contribution in [3.05, 3.63) is 23.8 Å². The fraction of sp³-hybridized carbons (Fsp3) is 0.533. The third kappa shape index (κ3) is 3.76. The molecule has 1 aliphatic heterocycles. The van der Waals surface area contributed by atoms with Crippen molar-refractivity contribution in [2.75, 3.05) is 26.8 Å². The molecule has 23 heavy (non-hydrogen) atoms. The lowest BCUT2D eigenvalue weighted by Crippen LogP contribution is -2.52. The minimum atomic E-state index is -3.76. The minimum Gasteiger partial charge on any atom is -0.495 e. The van der Waals surface area contributed by atoms with Crippen LogP contribution in [0.1, 0.15) is 19.4 Å². The maximum absolute atomic E-state index is 12.6. The molecule has 1 amide bonds. The summed E-state index contributed by atoms with van der Waals surface area (Å²) in [6.07, 6.45) is -0.428. The number of hydrogen-bond acceptors (Lipinski definition) is 5. The van der Waals surface area contributed by atoms with Crippen LogP contribution in [-0.2, 0) is 14.8 Å². The number of nitrogens with one attached hydrogen (secondary N) is 1. The van der Waals surface area contributed by atoms with Gasteiger partial charge in [-0.15, -0.1) is 0 Å². The Morgan fingerprint density at radius 1 is 1.39 bits per heavy atom. The monoisotopic (exact) mass is 342 g/mol. The van der Waals surface area contributed by atoms with E-state index in [1.54, 1.807) is 32.0 Å². The lowest BCUT2D eigenvalue weighted by atomic mass is 10.0. The largest absolute Gasteiger partial charge is 0.495 e. The second kappa shape index (κ2) is 6.37. The van der Waals surface area contributed by atoms with Crippen LogP contribution in [-0.4, -0.2) is 51.8 Å². The van der Waals surface area contributed by atoms with E-state index >= 15 is 0 Å². The van der Waals surface area contributed by atoms with Crippen molar-refractivity contribution in [1.82, 2.24) is 9.62 Å². The zero-order chi connectivity index (χ0) is 17.3. The Bertz CT molecular complexity index is 700. The molecular formula is C15H22N2O5S. The number of carbonyl (C=O) groups excluding carboxylic acids is 1. The third-order valence-corrected chi connectivity index (χ3v) is 5.22. The van der Waals surface area contributed by atoms with E-state index in [-0.39, 0.29) is 17.2 Å². The summed E-state index contributed by atoms with van der Waals surface area (Å²) in [5.41, 5.74) is 0.117. The minimum absolute atomic E-state index is 0.0710. The molecule has 1 aliphatic rings. The summed E-state index contributed by atoms with van der Waals surface area (Å²) in [5.74, 6) is 0.279. The summed E-state index contributed by atoms with van der Waals surface area (Å²) in [4.78, 5) is 13.3. The summed E-state index contributed by atoms with van der Waals surface area (Å²) >= 11 is 0. The molecule has 0 unspecified atom stereocenters. The number of methoxy groups -OCH3 is 1. The molecule has 0 aromatic heterocycles. The van der Waals surface area contributed by atoms with Gasteiger partial charge in [0.15, 0.2) is 0 Å². The van der Waals surface area contributed by atoms with Crippen LogP contribution in [0.4, 0.5) is 4.79 Å². The molecule has 0 spiro atoms. The molecule has 1 heterocycles. The van der Waals surface area contributed by atoms with Crippen LogP contribution < -0.4 is 9.46 Å². The molecule has 1 fully saturated rings. The summed E-state index contributed by atoms with van der Waals surface area (Å²) in [5, 5.41) is 0. The standard InChI is InChI=1S/C15H22N2O5S/c1-11-5-6-12(21-4)13(9-11)23(19,20)16-10-15(2,3)17-7-8-22-14(17)18/h5-6,9,16H,7-8,10H2,1-4H3. The number of sulfonamides is 1. The molecule has 0 saturated carbocycles. The van der Waals surface area contributed by atoms with Gasteiger partial charge in [-0.05, 0) is 38.5 Å². The molecule has 0 aliphatic carbocycles. The fourth-order valence-electron chi connectivity index (χ4n) is 2.38. The van der Waals surface area contributed by atoms with E-state index in [4.69, 9.17) is 9.47 Å². The van der Waals surface area contributed by atoms with E-state index in [1.807, 2.05) is 6.92 Å². The van der Waals surface area contributed by atoms with Crippen LogP contribution in [0.25, 0.3) is 0 Å². The van der Waals surface area contributed by atoms with E-state index in [9.17, 15) is 13.2 Å². The van der Waals surface area contributed by atoms with E-state index in [0.29, 0.717) is 13.2 Å². The Morgan fingerprint density at radius 2 is 2.09 bits per heavy atom. The predicted octanol–water partition coefficient (Wildman–Crippen LogP) is 1.51. The number of aryl methyl sites for hydroxylation is 1. The SMILES string of the molecule is COc1ccc(C)cc1S(=O)(=O)NCC(C)(C)N1CCOC1=O. The molecule has 1 aromatic carbocycles. The van der Waals surface area contributed by atoms with E-state index < -0.39 is 21.7 Å². The number of ether oxygens (including phenoxy) is 2. The van der Waals surface area contributed by atoms with Gasteiger partial charge in [0, 0.05) is 6.54 Å². The summed E-state index contributed by atoms with van der Waals surface area (Å²) in [6, 6.07) is 4.95. The molecule has 2 rings (SSSR count). The van der Waals surface area contributed by atoms with Crippen molar-refractivity contribution in [3.63, 3.8) is 0 Å². The van der Waals surface area contributed by atoms with Crippen LogP contribution in [0.5, 0.6) is 5.75 Å². The van der Waals surface area contributed by atoms with Gasteiger partial charge in [-0.1, -0.05) is 6.07 Å². The first-order valence-corrected chi connectivity index (χ1v) is 8.74. The number of nitrogens with zero attached hydrogens (tertiary/aromatic N) is 1. The highest BCUT2D eigenvalue weighted by Crippen LogP contribution is 2.25. The van der Waals surface area contributed by atoms with Gasteiger partial charge in [-0.3, -0.25) is 4.90 Å². The number of amides is 1. The molecule has 1 saturated heterocycles. The van der Waals surface area contributed by atoms with Crippen molar-refractivity contribution in [2.45, 2.75) is 31.2 Å². The van der Waals surface area contributed by atoms with E-state index in [2.05, 4.69) is 4.72 Å². The molecule has 8 heteroatoms. The van der Waals surface area contributed by atoms with Crippen molar-refractivity contribution in [1.29, 1.82) is 0 Å². The number of rotatable bonds is 6. The average molecular weight is 342 g/mol. The van der Waals surface area contributed by atoms with Gasteiger partial charge in [0.25, 0.3) is 0 Å². The Kier molecular flexibility index (Phi) is 4.86. The van der Waals surface area contributed by atoms with Crippen molar-refractivity contribution < 1.29 is 22.7 Å². The first-order valence-electron chi connectivity index (χ1n) is 7.26. The van der Waals surface area contributed by atoms with Gasteiger partial charge in [-0.25, -0.2) is 17.9 Å². The van der Waals surface area contributed by atoms with Gasteiger partial charge in [0.2, 0.25) is 10.0 Å². The lowest BCUT2D eigenvalue weighted by molar-refractivity contribution is 0.127. The van der Waals surface area contributed by atoms with Gasteiger partial charge < -0.3 is 9.47 Å². The second-order valence-electron chi connectivity index (χ2n) is 6.06. The second-order valence-corrected chi connectivity index (χ2v) is 7.79. The summed E-state index contributed by atoms with van der Waals surface area (Å²) < 4.78 is 37.8. The first kappa shape index (κ1) is 17.6.